The molecule has 0 aromatic heterocycles. The van der Waals surface area contributed by atoms with Crippen molar-refractivity contribution in [2.24, 2.45) is 0 Å². The third-order valence-corrected chi connectivity index (χ3v) is 10.1. The van der Waals surface area contributed by atoms with Crippen LogP contribution in [-0.2, 0) is 0 Å². The molecule has 0 saturated carbocycles. The van der Waals surface area contributed by atoms with Crippen LogP contribution in [-0.4, -0.2) is 48.3 Å². The molecule has 0 saturated heterocycles. The molecule has 3 heterocycles. The predicted octanol–water partition coefficient (Wildman–Crippen LogP) is 5.49. The largest absolute Gasteiger partial charge is 0.432 e. The van der Waals surface area contributed by atoms with Crippen molar-refractivity contribution in [3.63, 3.8) is 0 Å². The Hall–Kier alpha value is -3.34. The van der Waals surface area contributed by atoms with Crippen molar-refractivity contribution in [3.05, 3.63) is 83.9 Å². The fraction of sp³-hybridized carbons (Fsp3) is 0.200. The summed E-state index contributed by atoms with van der Waals surface area (Å²) in [6, 6.07) is 22.7. The van der Waals surface area contributed by atoms with Gasteiger partial charge in [-0.05, 0) is 42.8 Å². The van der Waals surface area contributed by atoms with Crippen molar-refractivity contribution in [2.45, 2.75) is 6.42 Å². The first kappa shape index (κ1) is 22.1. The fourth-order valence-corrected chi connectivity index (χ4v) is 8.17. The minimum Gasteiger partial charge on any atom is -0.432 e. The Labute approximate surface area is 206 Å². The Balaban J connectivity index is 1.44. The van der Waals surface area contributed by atoms with Crippen molar-refractivity contribution in [1.29, 1.82) is 0 Å². The van der Waals surface area contributed by atoms with Gasteiger partial charge in [-0.25, -0.2) is 0 Å². The van der Waals surface area contributed by atoms with E-state index in [1.165, 1.54) is 0 Å². The van der Waals surface area contributed by atoms with E-state index < -0.39 is 16.9 Å². The maximum atomic E-state index is 13.5. The van der Waals surface area contributed by atoms with Gasteiger partial charge in [0.2, 0.25) is 0 Å². The molecule has 35 heavy (non-hydrogen) atoms. The zero-order chi connectivity index (χ0) is 24.1. The van der Waals surface area contributed by atoms with E-state index in [2.05, 4.69) is 0 Å². The maximum Gasteiger partial charge on any atom is 0.312 e. The van der Waals surface area contributed by atoms with Gasteiger partial charge >= 0.3 is 16.9 Å². The van der Waals surface area contributed by atoms with Crippen LogP contribution in [0.5, 0.6) is 11.5 Å². The second-order valence-electron chi connectivity index (χ2n) is 8.43. The number of hydrogen-bond acceptors (Lipinski definition) is 6. The minimum absolute atomic E-state index is 0.0582. The normalized spacial score (nSPS) is 21.4. The molecule has 8 nitrogen and oxygen atoms in total. The zero-order valence-electron chi connectivity index (χ0n) is 19.4. The number of nitrogens with zero attached hydrogens (tertiary/aromatic N) is 4. The van der Waals surface area contributed by atoms with Gasteiger partial charge in [-0.2, -0.15) is 0 Å². The van der Waals surface area contributed by atoms with E-state index in [0.29, 0.717) is 42.1 Å². The van der Waals surface area contributed by atoms with E-state index in [1.807, 2.05) is 96.2 Å². The van der Waals surface area contributed by atoms with Gasteiger partial charge in [-0.1, -0.05) is 36.4 Å². The van der Waals surface area contributed by atoms with E-state index in [1.54, 1.807) is 9.34 Å². The molecular weight excluding hydrogens is 482 g/mol. The number of para-hydroxylation sites is 4. The van der Waals surface area contributed by atoms with Gasteiger partial charge in [0.1, 0.15) is 0 Å². The summed E-state index contributed by atoms with van der Waals surface area (Å²) in [4.78, 5) is 27.1. The number of carbonyl (C=O) groups is 2. The summed E-state index contributed by atoms with van der Waals surface area (Å²) in [6.07, 6.45) is 0.601. The first-order valence-electron chi connectivity index (χ1n) is 11.4. The predicted molar refractivity (Wildman–Crippen MR) is 138 cm³/mol. The Bertz CT molecular complexity index is 1220. The van der Waals surface area contributed by atoms with Crippen molar-refractivity contribution < 1.29 is 18.6 Å². The lowest BCUT2D eigenvalue weighted by Gasteiger charge is -2.41. The highest BCUT2D eigenvalue weighted by Crippen LogP contribution is 2.58. The van der Waals surface area contributed by atoms with Gasteiger partial charge in [0.15, 0.2) is 11.5 Å². The van der Waals surface area contributed by atoms with Crippen molar-refractivity contribution >= 4 is 40.1 Å². The lowest BCUT2D eigenvalue weighted by atomic mass is 10.1. The number of hydrogen-bond donors (Lipinski definition) is 0. The van der Waals surface area contributed by atoms with Crippen LogP contribution in [0.25, 0.3) is 0 Å². The zero-order valence-corrected chi connectivity index (χ0v) is 21.2. The van der Waals surface area contributed by atoms with Crippen molar-refractivity contribution in [2.75, 3.05) is 36.5 Å². The molecule has 178 valence electrons. The molecule has 3 aromatic carbocycles. The van der Waals surface area contributed by atoms with Crippen LogP contribution < -0.4 is 18.4 Å². The third-order valence-electron chi connectivity index (χ3n) is 6.31. The lowest BCUT2D eigenvalue weighted by Crippen LogP contribution is -2.42. The summed E-state index contributed by atoms with van der Waals surface area (Å²) >= 11 is 0. The third kappa shape index (κ3) is 3.60. The monoisotopic (exact) mass is 506 g/mol. The molecule has 2 amide bonds. The topological polar surface area (TPSA) is 65.6 Å². The summed E-state index contributed by atoms with van der Waals surface area (Å²) in [5.41, 5.74) is 3.00. The lowest BCUT2D eigenvalue weighted by molar-refractivity contribution is 0.0839. The highest BCUT2D eigenvalue weighted by atomic mass is 31.2. The highest BCUT2D eigenvalue weighted by Gasteiger charge is 2.43. The number of carbonyl (C=O) groups excluding carboxylic acids is 2. The van der Waals surface area contributed by atoms with Crippen LogP contribution in [0.15, 0.2) is 72.8 Å². The van der Waals surface area contributed by atoms with Crippen LogP contribution in [0.3, 0.4) is 0 Å². The smallest absolute Gasteiger partial charge is 0.312 e. The molecule has 3 aliphatic rings. The molecule has 2 atom stereocenters. The van der Waals surface area contributed by atoms with Crippen LogP contribution in [0.1, 0.15) is 27.1 Å². The number of rotatable bonds is 0. The van der Waals surface area contributed by atoms with E-state index in [-0.39, 0.29) is 11.8 Å². The quantitative estimate of drug-likeness (QED) is 0.376. The van der Waals surface area contributed by atoms with E-state index in [0.717, 1.165) is 11.4 Å². The summed E-state index contributed by atoms with van der Waals surface area (Å²) in [6.45, 7) is 0.924. The summed E-state index contributed by atoms with van der Waals surface area (Å²) < 4.78 is 20.8. The Morgan fingerprint density at radius 1 is 0.629 bits per heavy atom. The molecule has 0 spiro atoms. The maximum absolute atomic E-state index is 13.5. The van der Waals surface area contributed by atoms with Crippen LogP contribution >= 0.6 is 16.9 Å². The first-order chi connectivity index (χ1) is 17.0. The van der Waals surface area contributed by atoms with Crippen molar-refractivity contribution in [3.8, 4) is 11.5 Å². The van der Waals surface area contributed by atoms with Gasteiger partial charge in [-0.15, -0.1) is 0 Å². The van der Waals surface area contributed by atoms with Gasteiger partial charge < -0.3 is 18.4 Å². The average Bonchev–Trinajstić information content (AvgIpc) is 2.92. The van der Waals surface area contributed by atoms with Crippen LogP contribution in [0.2, 0.25) is 0 Å². The van der Waals surface area contributed by atoms with Crippen molar-refractivity contribution in [1.82, 2.24) is 9.34 Å². The Morgan fingerprint density at radius 3 is 1.49 bits per heavy atom. The van der Waals surface area contributed by atoms with E-state index >= 15 is 0 Å². The Kier molecular flexibility index (Phi) is 5.51. The SMILES string of the molecule is CN1c2ccccc2C(=O)N2CCCN3C(=O)c4ccccc4N(C)P3Oc3ccccc3OP21. The molecule has 6 rings (SSSR count). The first-order valence-corrected chi connectivity index (χ1v) is 13.7. The van der Waals surface area contributed by atoms with Gasteiger partial charge in [0, 0.05) is 27.2 Å². The molecule has 0 radical (unpaired) electrons. The molecule has 3 aromatic rings. The molecule has 0 N–H and O–H groups in total. The average molecular weight is 506 g/mol. The van der Waals surface area contributed by atoms with Gasteiger partial charge in [0.05, 0.1) is 22.5 Å². The molecular formula is C25H24N4O4P2. The van der Waals surface area contributed by atoms with E-state index in [4.69, 9.17) is 9.05 Å². The molecule has 10 heteroatoms. The standard InChI is InChI=1S/C25H24N4O4P2/c1-26-20-12-5-3-10-18(20)24(30)28-16-9-17-29-25(31)19-11-4-6-13-21(19)27(2)35(29)33-23-15-8-7-14-22(23)32-34(26)28/h3-8,10-15H,9,16-17H2,1-2H3. The van der Waals surface area contributed by atoms with Gasteiger partial charge in [-0.3, -0.25) is 18.9 Å². The summed E-state index contributed by atoms with van der Waals surface area (Å²) in [5, 5.41) is 0. The second-order valence-corrected chi connectivity index (χ2v) is 12.0. The van der Waals surface area contributed by atoms with Crippen LogP contribution in [0.4, 0.5) is 11.4 Å². The summed E-state index contributed by atoms with van der Waals surface area (Å²) in [7, 11) is 0.971. The molecule has 0 fully saturated rings. The van der Waals surface area contributed by atoms with E-state index in [9.17, 15) is 9.59 Å². The highest BCUT2D eigenvalue weighted by molar-refractivity contribution is 7.53. The fourth-order valence-electron chi connectivity index (χ4n) is 4.56. The molecule has 2 unspecified atom stereocenters. The number of anilines is 2. The molecule has 0 bridgehead atoms. The van der Waals surface area contributed by atoms with Crippen LogP contribution in [0, 0.1) is 0 Å². The second kappa shape index (κ2) is 8.71. The number of fused-ring (bicyclic) bond motifs is 5. The number of amides is 2. The molecule has 3 aliphatic heterocycles. The molecule has 0 aliphatic carbocycles. The summed E-state index contributed by atoms with van der Waals surface area (Å²) in [5.74, 6) is 0.979. The van der Waals surface area contributed by atoms with Gasteiger partial charge in [0.25, 0.3) is 11.8 Å². The minimum atomic E-state index is -1.47. The Morgan fingerprint density at radius 2 is 1.03 bits per heavy atom. The number of benzene rings is 3.